The standard InChI is InChI=1S/C26H33N3O5S/c1-17(2)23(29-26(33)34-15-18-9-5-3-6-10-18)21(30)14-19-13-20-22(35-16-28-20)11-7-4-8-12-27-25(32)24(19)31/h3,5-6,9-10,16-17,19,23H,4,7-8,11-15H2,1-2H3,(H,27,32)(H,29,33). The smallest absolute Gasteiger partial charge is 0.408 e. The Morgan fingerprint density at radius 1 is 1.17 bits per heavy atom. The van der Waals surface area contributed by atoms with Crippen LogP contribution in [0.1, 0.15) is 55.7 Å². The number of nitrogens with zero attached hydrogens (tertiary/aromatic N) is 1. The van der Waals surface area contributed by atoms with Crippen molar-refractivity contribution in [3.63, 3.8) is 0 Å². The molecule has 0 saturated heterocycles. The van der Waals surface area contributed by atoms with Crippen LogP contribution >= 0.6 is 11.3 Å². The highest BCUT2D eigenvalue weighted by molar-refractivity contribution is 7.09. The van der Waals surface area contributed by atoms with Gasteiger partial charge in [0.15, 0.2) is 5.78 Å². The summed E-state index contributed by atoms with van der Waals surface area (Å²) in [6.07, 6.45) is 2.95. The van der Waals surface area contributed by atoms with E-state index in [-0.39, 0.29) is 31.1 Å². The summed E-state index contributed by atoms with van der Waals surface area (Å²) in [6, 6.07) is 8.40. The second-order valence-electron chi connectivity index (χ2n) is 9.15. The summed E-state index contributed by atoms with van der Waals surface area (Å²) < 4.78 is 5.27. The van der Waals surface area contributed by atoms with Crippen LogP contribution < -0.4 is 10.6 Å². The first-order chi connectivity index (χ1) is 16.8. The molecule has 0 aliphatic carbocycles. The van der Waals surface area contributed by atoms with Gasteiger partial charge in [0.05, 0.1) is 17.2 Å². The molecule has 9 heteroatoms. The molecule has 2 heterocycles. The molecule has 2 unspecified atom stereocenters. The first-order valence-corrected chi connectivity index (χ1v) is 13.0. The average molecular weight is 500 g/mol. The molecule has 2 amide bonds. The van der Waals surface area contributed by atoms with Gasteiger partial charge < -0.3 is 15.4 Å². The highest BCUT2D eigenvalue weighted by Gasteiger charge is 2.33. The van der Waals surface area contributed by atoms with Crippen molar-refractivity contribution in [2.45, 2.75) is 65.0 Å². The highest BCUT2D eigenvalue weighted by atomic mass is 32.1. The third-order valence-corrected chi connectivity index (χ3v) is 7.01. The molecule has 2 aromatic rings. The summed E-state index contributed by atoms with van der Waals surface area (Å²) in [7, 11) is 0. The number of aryl methyl sites for hydroxylation is 1. The number of benzene rings is 1. The number of hydrogen-bond acceptors (Lipinski definition) is 7. The van der Waals surface area contributed by atoms with Gasteiger partial charge in [-0.15, -0.1) is 11.3 Å². The highest BCUT2D eigenvalue weighted by Crippen LogP contribution is 2.23. The fourth-order valence-corrected chi connectivity index (χ4v) is 4.94. The summed E-state index contributed by atoms with van der Waals surface area (Å²) >= 11 is 1.54. The number of carbonyl (C=O) groups excluding carboxylic acids is 4. The number of hydrogen-bond donors (Lipinski definition) is 2. The monoisotopic (exact) mass is 499 g/mol. The minimum Gasteiger partial charge on any atom is -0.445 e. The van der Waals surface area contributed by atoms with Gasteiger partial charge in [-0.25, -0.2) is 9.78 Å². The Bertz CT molecular complexity index is 1020. The van der Waals surface area contributed by atoms with E-state index in [0.717, 1.165) is 41.8 Å². The van der Waals surface area contributed by atoms with Crippen LogP contribution in [0.2, 0.25) is 0 Å². The average Bonchev–Trinajstić information content (AvgIpc) is 3.28. The Kier molecular flexibility index (Phi) is 9.96. The van der Waals surface area contributed by atoms with E-state index in [1.807, 2.05) is 44.2 Å². The van der Waals surface area contributed by atoms with E-state index in [1.54, 1.807) is 16.8 Å². The van der Waals surface area contributed by atoms with E-state index in [4.69, 9.17) is 4.74 Å². The lowest BCUT2D eigenvalue weighted by molar-refractivity contribution is -0.141. The molecule has 0 radical (unpaired) electrons. The van der Waals surface area contributed by atoms with Crippen LogP contribution in [-0.2, 0) is 38.6 Å². The van der Waals surface area contributed by atoms with Crippen molar-refractivity contribution < 1.29 is 23.9 Å². The fourth-order valence-electron chi connectivity index (χ4n) is 4.10. The lowest BCUT2D eigenvalue weighted by atomic mass is 9.87. The van der Waals surface area contributed by atoms with Crippen molar-refractivity contribution in [3.05, 3.63) is 52.0 Å². The Balaban J connectivity index is 1.70. The zero-order chi connectivity index (χ0) is 25.2. The summed E-state index contributed by atoms with van der Waals surface area (Å²) in [4.78, 5) is 56.7. The molecule has 0 saturated carbocycles. The van der Waals surface area contributed by atoms with Crippen molar-refractivity contribution in [1.29, 1.82) is 0 Å². The number of amides is 2. The molecular weight excluding hydrogens is 466 g/mol. The SMILES string of the molecule is CC(C)C(NC(=O)OCc1ccccc1)C(=O)CC1Cc2ncsc2CCCCCNC(=O)C1=O. The maximum atomic E-state index is 13.3. The number of thiazole rings is 1. The summed E-state index contributed by atoms with van der Waals surface area (Å²) in [6.45, 7) is 4.14. The molecule has 2 N–H and O–H groups in total. The topological polar surface area (TPSA) is 114 Å². The minimum absolute atomic E-state index is 0.0829. The number of ether oxygens (including phenoxy) is 1. The number of fused-ring (bicyclic) bond motifs is 1. The van der Waals surface area contributed by atoms with E-state index in [1.165, 1.54) is 0 Å². The molecule has 1 aliphatic rings. The summed E-state index contributed by atoms with van der Waals surface area (Å²) in [5.41, 5.74) is 3.35. The van der Waals surface area contributed by atoms with E-state index in [9.17, 15) is 19.2 Å². The molecule has 1 aromatic carbocycles. The minimum atomic E-state index is -0.842. The van der Waals surface area contributed by atoms with Crippen LogP contribution in [0.25, 0.3) is 0 Å². The molecule has 1 aliphatic heterocycles. The quantitative estimate of drug-likeness (QED) is 0.563. The zero-order valence-electron chi connectivity index (χ0n) is 20.2. The van der Waals surface area contributed by atoms with E-state index < -0.39 is 29.7 Å². The molecule has 0 fully saturated rings. The van der Waals surface area contributed by atoms with Crippen LogP contribution in [0.15, 0.2) is 35.8 Å². The first-order valence-electron chi connectivity index (χ1n) is 12.1. The van der Waals surface area contributed by atoms with Crippen LogP contribution in [0, 0.1) is 11.8 Å². The van der Waals surface area contributed by atoms with Crippen molar-refractivity contribution in [2.75, 3.05) is 6.54 Å². The maximum absolute atomic E-state index is 13.3. The molecule has 0 bridgehead atoms. The van der Waals surface area contributed by atoms with E-state index >= 15 is 0 Å². The Morgan fingerprint density at radius 2 is 1.94 bits per heavy atom. The van der Waals surface area contributed by atoms with Crippen molar-refractivity contribution in [1.82, 2.24) is 15.6 Å². The van der Waals surface area contributed by atoms with E-state index in [0.29, 0.717) is 6.54 Å². The van der Waals surface area contributed by atoms with Gasteiger partial charge >= 0.3 is 6.09 Å². The van der Waals surface area contributed by atoms with Gasteiger partial charge in [-0.05, 0) is 30.7 Å². The van der Waals surface area contributed by atoms with Gasteiger partial charge in [0.1, 0.15) is 6.61 Å². The number of carbonyl (C=O) groups is 4. The predicted octanol–water partition coefficient (Wildman–Crippen LogP) is 3.62. The molecule has 3 rings (SSSR count). The van der Waals surface area contributed by atoms with Crippen molar-refractivity contribution in [2.24, 2.45) is 11.8 Å². The van der Waals surface area contributed by atoms with Crippen LogP contribution in [0.4, 0.5) is 4.79 Å². The summed E-state index contributed by atoms with van der Waals surface area (Å²) in [5.74, 6) is -2.67. The maximum Gasteiger partial charge on any atom is 0.408 e. The fraction of sp³-hybridized carbons (Fsp3) is 0.500. The number of alkyl carbamates (subject to hydrolysis) is 1. The Morgan fingerprint density at radius 3 is 2.69 bits per heavy atom. The molecular formula is C26H33N3O5S. The predicted molar refractivity (Wildman–Crippen MR) is 133 cm³/mol. The largest absolute Gasteiger partial charge is 0.445 e. The van der Waals surface area contributed by atoms with Gasteiger partial charge in [0, 0.05) is 30.2 Å². The second kappa shape index (κ2) is 13.1. The molecule has 8 nitrogen and oxygen atoms in total. The molecule has 1 aromatic heterocycles. The van der Waals surface area contributed by atoms with Gasteiger partial charge in [-0.1, -0.05) is 50.6 Å². The molecule has 35 heavy (non-hydrogen) atoms. The van der Waals surface area contributed by atoms with Gasteiger partial charge in [-0.2, -0.15) is 0 Å². The Labute approximate surface area is 209 Å². The normalized spacial score (nSPS) is 18.0. The first kappa shape index (κ1) is 26.5. The molecule has 188 valence electrons. The van der Waals surface area contributed by atoms with Crippen LogP contribution in [-0.4, -0.2) is 41.1 Å². The van der Waals surface area contributed by atoms with Crippen molar-refractivity contribution >= 4 is 34.9 Å². The number of aromatic nitrogens is 1. The second-order valence-corrected chi connectivity index (χ2v) is 10.1. The van der Waals surface area contributed by atoms with E-state index in [2.05, 4.69) is 15.6 Å². The lowest BCUT2D eigenvalue weighted by Crippen LogP contribution is -2.46. The Hall–Kier alpha value is -3.07. The van der Waals surface area contributed by atoms with Gasteiger partial charge in [0.25, 0.3) is 5.91 Å². The number of ketones is 2. The zero-order valence-corrected chi connectivity index (χ0v) is 21.1. The molecule has 0 spiro atoms. The third kappa shape index (κ3) is 7.99. The van der Waals surface area contributed by atoms with Crippen molar-refractivity contribution in [3.8, 4) is 0 Å². The number of Topliss-reactive ketones (excluding diaryl/α,β-unsaturated/α-hetero) is 2. The van der Waals surface area contributed by atoms with Crippen LogP contribution in [0.3, 0.4) is 0 Å². The van der Waals surface area contributed by atoms with Crippen LogP contribution in [0.5, 0.6) is 0 Å². The third-order valence-electron chi connectivity index (χ3n) is 6.07. The lowest BCUT2D eigenvalue weighted by Gasteiger charge is -2.23. The number of rotatable bonds is 7. The number of nitrogens with one attached hydrogen (secondary N) is 2. The van der Waals surface area contributed by atoms with Gasteiger partial charge in [-0.3, -0.25) is 14.4 Å². The summed E-state index contributed by atoms with van der Waals surface area (Å²) in [5, 5.41) is 5.33. The van der Waals surface area contributed by atoms with Gasteiger partial charge in [0.2, 0.25) is 5.78 Å². The molecule has 2 atom stereocenters.